The smallest absolute Gasteiger partial charge is 0.357 e. The Kier molecular flexibility index (Phi) is 2.47. The standard InChI is InChI=1S/C8H10FNO2/c1-3-12-8(11)7-6(9)5(2)4-10-7/h4,10H,3H2,1-2H3. The minimum absolute atomic E-state index is 0.102. The van der Waals surface area contributed by atoms with Crippen molar-refractivity contribution in [3.8, 4) is 0 Å². The molecule has 0 fully saturated rings. The molecular weight excluding hydrogens is 161 g/mol. The third-order valence-electron chi connectivity index (χ3n) is 1.48. The van der Waals surface area contributed by atoms with Crippen LogP contribution in [0.3, 0.4) is 0 Å². The molecule has 1 aromatic rings. The minimum atomic E-state index is -0.650. The number of nitrogens with one attached hydrogen (secondary N) is 1. The summed E-state index contributed by atoms with van der Waals surface area (Å²) in [5.41, 5.74) is 0.312. The Hall–Kier alpha value is -1.32. The second kappa shape index (κ2) is 3.38. The molecule has 1 heterocycles. The summed E-state index contributed by atoms with van der Waals surface area (Å²) >= 11 is 0. The predicted molar refractivity (Wildman–Crippen MR) is 41.4 cm³/mol. The number of aromatic amines is 1. The van der Waals surface area contributed by atoms with Crippen LogP contribution in [0.4, 0.5) is 4.39 Å². The summed E-state index contributed by atoms with van der Waals surface area (Å²) in [4.78, 5) is 13.5. The van der Waals surface area contributed by atoms with Gasteiger partial charge in [0, 0.05) is 11.8 Å². The van der Waals surface area contributed by atoms with E-state index in [1.165, 1.54) is 6.20 Å². The summed E-state index contributed by atoms with van der Waals surface area (Å²) < 4.78 is 17.6. The van der Waals surface area contributed by atoms with Gasteiger partial charge in [0.2, 0.25) is 0 Å². The highest BCUT2D eigenvalue weighted by Gasteiger charge is 2.15. The van der Waals surface area contributed by atoms with Crippen molar-refractivity contribution < 1.29 is 13.9 Å². The van der Waals surface area contributed by atoms with Crippen LogP contribution in [0.5, 0.6) is 0 Å². The fourth-order valence-electron chi connectivity index (χ4n) is 0.856. The zero-order valence-electron chi connectivity index (χ0n) is 6.98. The van der Waals surface area contributed by atoms with Crippen LogP contribution in [0.25, 0.3) is 0 Å². The zero-order valence-corrected chi connectivity index (χ0v) is 6.98. The molecule has 0 aliphatic rings. The van der Waals surface area contributed by atoms with Gasteiger partial charge < -0.3 is 9.72 Å². The molecule has 0 radical (unpaired) electrons. The number of carbonyl (C=O) groups excluding carboxylic acids is 1. The van der Waals surface area contributed by atoms with Crippen LogP contribution in [-0.2, 0) is 4.74 Å². The first-order valence-corrected chi connectivity index (χ1v) is 3.67. The maximum atomic E-state index is 13.0. The molecule has 1 aromatic heterocycles. The van der Waals surface area contributed by atoms with E-state index in [0.717, 1.165) is 0 Å². The first-order chi connectivity index (χ1) is 5.66. The number of hydrogen-bond acceptors (Lipinski definition) is 2. The molecule has 1 N–H and O–H groups in total. The zero-order chi connectivity index (χ0) is 9.14. The second-order valence-electron chi connectivity index (χ2n) is 2.38. The molecule has 4 heteroatoms. The molecule has 0 atom stereocenters. The largest absolute Gasteiger partial charge is 0.461 e. The summed E-state index contributed by atoms with van der Waals surface area (Å²) in [5.74, 6) is -1.18. The highest BCUT2D eigenvalue weighted by atomic mass is 19.1. The molecule has 66 valence electrons. The van der Waals surface area contributed by atoms with Crippen molar-refractivity contribution >= 4 is 5.97 Å². The predicted octanol–water partition coefficient (Wildman–Crippen LogP) is 1.64. The lowest BCUT2D eigenvalue weighted by Gasteiger charge is -1.97. The molecule has 12 heavy (non-hydrogen) atoms. The molecule has 0 aromatic carbocycles. The van der Waals surface area contributed by atoms with Crippen LogP contribution in [0, 0.1) is 12.7 Å². The number of aromatic nitrogens is 1. The molecule has 0 amide bonds. The number of esters is 1. The third-order valence-corrected chi connectivity index (χ3v) is 1.48. The molecule has 1 rings (SSSR count). The van der Waals surface area contributed by atoms with E-state index >= 15 is 0 Å². The Bertz CT molecular complexity index is 293. The van der Waals surface area contributed by atoms with Crippen molar-refractivity contribution in [3.63, 3.8) is 0 Å². The monoisotopic (exact) mass is 171 g/mol. The van der Waals surface area contributed by atoms with Gasteiger partial charge in [-0.15, -0.1) is 0 Å². The van der Waals surface area contributed by atoms with Gasteiger partial charge in [-0.05, 0) is 13.8 Å². The molecule has 0 unspecified atom stereocenters. The summed E-state index contributed by atoms with van der Waals surface area (Å²) in [5, 5.41) is 0. The fourth-order valence-corrected chi connectivity index (χ4v) is 0.856. The van der Waals surface area contributed by atoms with E-state index < -0.39 is 11.8 Å². The van der Waals surface area contributed by atoms with Crippen LogP contribution in [0.15, 0.2) is 6.20 Å². The van der Waals surface area contributed by atoms with Gasteiger partial charge in [0.25, 0.3) is 0 Å². The van der Waals surface area contributed by atoms with Gasteiger partial charge in [-0.1, -0.05) is 0 Å². The topological polar surface area (TPSA) is 42.1 Å². The lowest BCUT2D eigenvalue weighted by Crippen LogP contribution is -2.06. The molecule has 3 nitrogen and oxygen atoms in total. The molecule has 0 aliphatic carbocycles. The molecule has 0 saturated carbocycles. The van der Waals surface area contributed by atoms with Crippen molar-refractivity contribution in [1.29, 1.82) is 0 Å². The van der Waals surface area contributed by atoms with Gasteiger partial charge >= 0.3 is 5.97 Å². The number of H-pyrrole nitrogens is 1. The van der Waals surface area contributed by atoms with Crippen LogP contribution in [0.1, 0.15) is 23.0 Å². The van der Waals surface area contributed by atoms with E-state index in [9.17, 15) is 9.18 Å². The molecular formula is C8H10FNO2. The van der Waals surface area contributed by atoms with E-state index in [-0.39, 0.29) is 12.3 Å². The Labute approximate surface area is 69.5 Å². The molecule has 0 bridgehead atoms. The van der Waals surface area contributed by atoms with Crippen LogP contribution >= 0.6 is 0 Å². The van der Waals surface area contributed by atoms with Gasteiger partial charge in [0.1, 0.15) is 0 Å². The van der Waals surface area contributed by atoms with E-state index in [1.54, 1.807) is 13.8 Å². The quantitative estimate of drug-likeness (QED) is 0.687. The lowest BCUT2D eigenvalue weighted by atomic mass is 10.3. The summed E-state index contributed by atoms with van der Waals surface area (Å²) in [6.07, 6.45) is 1.43. The molecule has 0 aliphatic heterocycles. The fraction of sp³-hybridized carbons (Fsp3) is 0.375. The maximum Gasteiger partial charge on any atom is 0.357 e. The first-order valence-electron chi connectivity index (χ1n) is 3.67. The van der Waals surface area contributed by atoms with Crippen molar-refractivity contribution in [1.82, 2.24) is 4.98 Å². The Morgan fingerprint density at radius 2 is 2.42 bits per heavy atom. The van der Waals surface area contributed by atoms with Crippen molar-refractivity contribution in [3.05, 3.63) is 23.3 Å². The van der Waals surface area contributed by atoms with Crippen molar-refractivity contribution in [2.24, 2.45) is 0 Å². The minimum Gasteiger partial charge on any atom is -0.461 e. The second-order valence-corrected chi connectivity index (χ2v) is 2.38. The van der Waals surface area contributed by atoms with E-state index in [4.69, 9.17) is 0 Å². The summed E-state index contributed by atoms with van der Waals surface area (Å²) in [6, 6.07) is 0. The van der Waals surface area contributed by atoms with Crippen LogP contribution < -0.4 is 0 Å². The van der Waals surface area contributed by atoms with Gasteiger partial charge in [-0.25, -0.2) is 9.18 Å². The molecule has 0 spiro atoms. The van der Waals surface area contributed by atoms with Crippen molar-refractivity contribution in [2.75, 3.05) is 6.61 Å². The normalized spacial score (nSPS) is 9.92. The van der Waals surface area contributed by atoms with Gasteiger partial charge in [-0.3, -0.25) is 0 Å². The summed E-state index contributed by atoms with van der Waals surface area (Å²) in [6.45, 7) is 3.50. The van der Waals surface area contributed by atoms with E-state index in [0.29, 0.717) is 5.56 Å². The van der Waals surface area contributed by atoms with E-state index in [2.05, 4.69) is 9.72 Å². The number of carbonyl (C=O) groups is 1. The highest BCUT2D eigenvalue weighted by molar-refractivity contribution is 5.87. The average molecular weight is 171 g/mol. The Balaban J connectivity index is 2.88. The number of hydrogen-bond donors (Lipinski definition) is 1. The maximum absolute atomic E-state index is 13.0. The first kappa shape index (κ1) is 8.77. The lowest BCUT2D eigenvalue weighted by molar-refractivity contribution is 0.0515. The highest BCUT2D eigenvalue weighted by Crippen LogP contribution is 2.11. The number of ether oxygens (including phenoxy) is 1. The average Bonchev–Trinajstić information content (AvgIpc) is 2.34. The number of rotatable bonds is 2. The van der Waals surface area contributed by atoms with Gasteiger partial charge in [-0.2, -0.15) is 0 Å². The summed E-state index contributed by atoms with van der Waals surface area (Å²) in [7, 11) is 0. The van der Waals surface area contributed by atoms with Crippen LogP contribution in [0.2, 0.25) is 0 Å². The third kappa shape index (κ3) is 1.47. The van der Waals surface area contributed by atoms with E-state index in [1.807, 2.05) is 0 Å². The Morgan fingerprint density at radius 3 is 2.83 bits per heavy atom. The van der Waals surface area contributed by atoms with Gasteiger partial charge in [0.15, 0.2) is 11.5 Å². The SMILES string of the molecule is CCOC(=O)c1[nH]cc(C)c1F. The van der Waals surface area contributed by atoms with Crippen LogP contribution in [-0.4, -0.2) is 17.6 Å². The van der Waals surface area contributed by atoms with Gasteiger partial charge in [0.05, 0.1) is 6.61 Å². The Morgan fingerprint density at radius 1 is 1.75 bits per heavy atom. The number of halogens is 1. The molecule has 0 saturated heterocycles. The van der Waals surface area contributed by atoms with Crippen molar-refractivity contribution in [2.45, 2.75) is 13.8 Å². The number of aryl methyl sites for hydroxylation is 1.